The summed E-state index contributed by atoms with van der Waals surface area (Å²) in [5.41, 5.74) is 1.26. The second kappa shape index (κ2) is 5.40. The number of rotatable bonds is 4. The monoisotopic (exact) mass is 268 g/mol. The molecule has 0 saturated heterocycles. The fourth-order valence-corrected chi connectivity index (χ4v) is 3.24. The summed E-state index contributed by atoms with van der Waals surface area (Å²) in [6, 6.07) is 5.88. The predicted molar refractivity (Wildman–Crippen MR) is 74.7 cm³/mol. The van der Waals surface area contributed by atoms with E-state index in [0.29, 0.717) is 0 Å². The molecule has 1 fully saturated rings. The minimum atomic E-state index is 0.000793. The Bertz CT molecular complexity index is 411. The third-order valence-electron chi connectivity index (χ3n) is 4.07. The molecule has 2 rings (SSSR count). The number of benzene rings is 1. The number of hydrogen-bond donors (Lipinski definition) is 0. The molecule has 1 saturated carbocycles. The summed E-state index contributed by atoms with van der Waals surface area (Å²) in [5.74, 6) is 1.62. The molecular formula is C15H21ClO2. The number of alkyl halides is 1. The average molecular weight is 269 g/mol. The predicted octanol–water partition coefficient (Wildman–Crippen LogP) is 4.56. The molecule has 18 heavy (non-hydrogen) atoms. The zero-order chi connectivity index (χ0) is 13.2. The van der Waals surface area contributed by atoms with Gasteiger partial charge in [-0.1, -0.05) is 25.8 Å². The van der Waals surface area contributed by atoms with Crippen LogP contribution in [-0.2, 0) is 0 Å². The molecule has 0 aromatic heterocycles. The van der Waals surface area contributed by atoms with Gasteiger partial charge in [-0.05, 0) is 24.3 Å². The first-order valence-electron chi connectivity index (χ1n) is 6.47. The van der Waals surface area contributed by atoms with Crippen LogP contribution in [0.4, 0.5) is 0 Å². The largest absolute Gasteiger partial charge is 0.497 e. The van der Waals surface area contributed by atoms with Crippen LogP contribution in [0, 0.1) is 5.41 Å². The average Bonchev–Trinajstić information content (AvgIpc) is 2.85. The van der Waals surface area contributed by atoms with Crippen molar-refractivity contribution in [3.63, 3.8) is 0 Å². The lowest BCUT2D eigenvalue weighted by Gasteiger charge is -2.30. The molecule has 0 aliphatic heterocycles. The Morgan fingerprint density at radius 1 is 1.17 bits per heavy atom. The van der Waals surface area contributed by atoms with E-state index in [-0.39, 0.29) is 10.8 Å². The van der Waals surface area contributed by atoms with Crippen LogP contribution >= 0.6 is 11.6 Å². The first-order valence-corrected chi connectivity index (χ1v) is 6.90. The van der Waals surface area contributed by atoms with E-state index in [1.54, 1.807) is 14.2 Å². The number of ether oxygens (including phenoxy) is 2. The summed E-state index contributed by atoms with van der Waals surface area (Å²) in [5, 5.41) is 0.000793. The van der Waals surface area contributed by atoms with Crippen LogP contribution in [0.2, 0.25) is 0 Å². The van der Waals surface area contributed by atoms with E-state index in [4.69, 9.17) is 21.1 Å². The molecule has 1 aromatic carbocycles. The van der Waals surface area contributed by atoms with Gasteiger partial charge in [-0.25, -0.2) is 0 Å². The van der Waals surface area contributed by atoms with E-state index >= 15 is 0 Å². The SMILES string of the molecule is COc1ccc(C(Cl)C2(C)CCCC2)c(OC)c1. The second-order valence-corrected chi connectivity index (χ2v) is 5.77. The first-order chi connectivity index (χ1) is 8.60. The molecule has 0 spiro atoms. The van der Waals surface area contributed by atoms with Gasteiger partial charge in [0.15, 0.2) is 0 Å². The van der Waals surface area contributed by atoms with Gasteiger partial charge in [0.25, 0.3) is 0 Å². The fraction of sp³-hybridized carbons (Fsp3) is 0.600. The minimum absolute atomic E-state index is 0.000793. The van der Waals surface area contributed by atoms with E-state index < -0.39 is 0 Å². The van der Waals surface area contributed by atoms with Crippen LogP contribution < -0.4 is 9.47 Å². The van der Waals surface area contributed by atoms with Crippen LogP contribution in [0.15, 0.2) is 18.2 Å². The van der Waals surface area contributed by atoms with Crippen molar-refractivity contribution in [3.8, 4) is 11.5 Å². The second-order valence-electron chi connectivity index (χ2n) is 5.33. The molecule has 3 heteroatoms. The molecule has 0 N–H and O–H groups in total. The lowest BCUT2D eigenvalue weighted by molar-refractivity contribution is 0.312. The van der Waals surface area contributed by atoms with E-state index in [2.05, 4.69) is 6.92 Å². The Balaban J connectivity index is 2.32. The molecule has 1 atom stereocenters. The van der Waals surface area contributed by atoms with Crippen molar-refractivity contribution in [1.29, 1.82) is 0 Å². The van der Waals surface area contributed by atoms with Crippen LogP contribution in [0.25, 0.3) is 0 Å². The van der Waals surface area contributed by atoms with Gasteiger partial charge in [-0.2, -0.15) is 0 Å². The molecule has 0 radical (unpaired) electrons. The normalized spacial score (nSPS) is 19.6. The topological polar surface area (TPSA) is 18.5 Å². The molecule has 100 valence electrons. The fourth-order valence-electron chi connectivity index (χ4n) is 2.84. The van der Waals surface area contributed by atoms with Gasteiger partial charge in [-0.3, -0.25) is 0 Å². The summed E-state index contributed by atoms with van der Waals surface area (Å²) >= 11 is 6.71. The van der Waals surface area contributed by atoms with E-state index in [1.165, 1.54) is 25.7 Å². The highest BCUT2D eigenvalue weighted by atomic mass is 35.5. The van der Waals surface area contributed by atoms with Crippen LogP contribution in [-0.4, -0.2) is 14.2 Å². The molecule has 1 unspecified atom stereocenters. The highest BCUT2D eigenvalue weighted by Gasteiger charge is 2.38. The molecular weight excluding hydrogens is 248 g/mol. The van der Waals surface area contributed by atoms with Crippen LogP contribution in [0.1, 0.15) is 43.5 Å². The zero-order valence-corrected chi connectivity index (χ0v) is 12.1. The highest BCUT2D eigenvalue weighted by Crippen LogP contribution is 2.52. The lowest BCUT2D eigenvalue weighted by Crippen LogP contribution is -2.18. The van der Waals surface area contributed by atoms with Crippen molar-refractivity contribution in [3.05, 3.63) is 23.8 Å². The molecule has 0 bridgehead atoms. The smallest absolute Gasteiger partial charge is 0.127 e. The molecule has 0 amide bonds. The van der Waals surface area contributed by atoms with Crippen molar-refractivity contribution in [2.45, 2.75) is 38.0 Å². The summed E-state index contributed by atoms with van der Waals surface area (Å²) in [7, 11) is 3.34. The minimum Gasteiger partial charge on any atom is -0.497 e. The summed E-state index contributed by atoms with van der Waals surface area (Å²) in [6.07, 6.45) is 4.93. The zero-order valence-electron chi connectivity index (χ0n) is 11.3. The van der Waals surface area contributed by atoms with Crippen molar-refractivity contribution in [2.75, 3.05) is 14.2 Å². The number of methoxy groups -OCH3 is 2. The lowest BCUT2D eigenvalue weighted by atomic mass is 9.81. The quantitative estimate of drug-likeness (QED) is 0.745. The van der Waals surface area contributed by atoms with Gasteiger partial charge in [0, 0.05) is 11.6 Å². The first kappa shape index (κ1) is 13.5. The van der Waals surface area contributed by atoms with Gasteiger partial charge < -0.3 is 9.47 Å². The van der Waals surface area contributed by atoms with Crippen molar-refractivity contribution in [2.24, 2.45) is 5.41 Å². The summed E-state index contributed by atoms with van der Waals surface area (Å²) < 4.78 is 10.7. The Morgan fingerprint density at radius 2 is 1.83 bits per heavy atom. The third-order valence-corrected chi connectivity index (χ3v) is 4.83. The highest BCUT2D eigenvalue weighted by molar-refractivity contribution is 6.21. The van der Waals surface area contributed by atoms with Gasteiger partial charge in [0.2, 0.25) is 0 Å². The van der Waals surface area contributed by atoms with Crippen LogP contribution in [0.5, 0.6) is 11.5 Å². The number of halogens is 1. The van der Waals surface area contributed by atoms with Crippen molar-refractivity contribution >= 4 is 11.6 Å². The van der Waals surface area contributed by atoms with E-state index in [9.17, 15) is 0 Å². The van der Waals surface area contributed by atoms with Crippen molar-refractivity contribution < 1.29 is 9.47 Å². The van der Waals surface area contributed by atoms with Crippen LogP contribution in [0.3, 0.4) is 0 Å². The molecule has 2 nitrogen and oxygen atoms in total. The Morgan fingerprint density at radius 3 is 2.39 bits per heavy atom. The molecule has 1 aliphatic rings. The molecule has 1 aromatic rings. The maximum Gasteiger partial charge on any atom is 0.127 e. The Kier molecular flexibility index (Phi) is 4.06. The van der Waals surface area contributed by atoms with Gasteiger partial charge >= 0.3 is 0 Å². The maximum atomic E-state index is 6.71. The standard InChI is InChI=1S/C15H21ClO2/c1-15(8-4-5-9-15)14(16)12-7-6-11(17-2)10-13(12)18-3/h6-7,10,14H,4-5,8-9H2,1-3H3. The van der Waals surface area contributed by atoms with Crippen molar-refractivity contribution in [1.82, 2.24) is 0 Å². The summed E-state index contributed by atoms with van der Waals surface area (Å²) in [4.78, 5) is 0. The van der Waals surface area contributed by atoms with Gasteiger partial charge in [-0.15, -0.1) is 11.6 Å². The Hall–Kier alpha value is -0.890. The van der Waals surface area contributed by atoms with Gasteiger partial charge in [0.05, 0.1) is 19.6 Å². The van der Waals surface area contributed by atoms with E-state index in [0.717, 1.165) is 17.1 Å². The van der Waals surface area contributed by atoms with Gasteiger partial charge in [0.1, 0.15) is 11.5 Å². The maximum absolute atomic E-state index is 6.71. The molecule has 1 aliphatic carbocycles. The third kappa shape index (κ3) is 2.44. The summed E-state index contributed by atoms with van der Waals surface area (Å²) in [6.45, 7) is 2.28. The number of hydrogen-bond acceptors (Lipinski definition) is 2. The Labute approximate surface area is 114 Å². The van der Waals surface area contributed by atoms with E-state index in [1.807, 2.05) is 18.2 Å². The molecule has 0 heterocycles.